The Balaban J connectivity index is 2.38. The van der Waals surface area contributed by atoms with Gasteiger partial charge in [0.1, 0.15) is 13.2 Å². The van der Waals surface area contributed by atoms with Gasteiger partial charge in [0.2, 0.25) is 11.8 Å². The SMILES string of the molecule is COCCOCC(=O)NC1CCC(C(=O)N(CC(=O)O)C(C)C)CC1. The third kappa shape index (κ3) is 7.83. The number of nitrogens with zero attached hydrogens (tertiary/aromatic N) is 1. The summed E-state index contributed by atoms with van der Waals surface area (Å²) in [5.41, 5.74) is 0. The van der Waals surface area contributed by atoms with E-state index in [1.165, 1.54) is 4.90 Å². The van der Waals surface area contributed by atoms with E-state index in [0.717, 1.165) is 0 Å². The van der Waals surface area contributed by atoms with Crippen molar-refractivity contribution in [3.8, 4) is 0 Å². The lowest BCUT2D eigenvalue weighted by Gasteiger charge is -2.33. The minimum atomic E-state index is -1.00. The lowest BCUT2D eigenvalue weighted by atomic mass is 9.85. The first-order valence-electron chi connectivity index (χ1n) is 8.73. The predicted octanol–water partition coefficient (Wildman–Crippen LogP) is 0.646. The zero-order valence-electron chi connectivity index (χ0n) is 15.3. The number of aliphatic carboxylic acids is 1. The maximum Gasteiger partial charge on any atom is 0.323 e. The molecule has 25 heavy (non-hydrogen) atoms. The molecule has 8 nitrogen and oxygen atoms in total. The maximum atomic E-state index is 12.6. The van der Waals surface area contributed by atoms with Gasteiger partial charge in [-0.2, -0.15) is 0 Å². The van der Waals surface area contributed by atoms with Crippen molar-refractivity contribution in [2.45, 2.75) is 51.6 Å². The van der Waals surface area contributed by atoms with Gasteiger partial charge in [0.05, 0.1) is 13.2 Å². The fraction of sp³-hybridized carbons (Fsp3) is 0.824. The standard InChI is InChI=1S/C17H30N2O6/c1-12(2)19(10-16(21)22)17(23)13-4-6-14(7-5-13)18-15(20)11-25-9-8-24-3/h12-14H,4-11H2,1-3H3,(H,18,20)(H,21,22). The van der Waals surface area contributed by atoms with Crippen molar-refractivity contribution < 1.29 is 29.0 Å². The molecule has 0 unspecified atom stereocenters. The minimum Gasteiger partial charge on any atom is -0.480 e. The van der Waals surface area contributed by atoms with Crippen LogP contribution in [0, 0.1) is 5.92 Å². The van der Waals surface area contributed by atoms with Crippen molar-refractivity contribution in [3.05, 3.63) is 0 Å². The Hall–Kier alpha value is -1.67. The van der Waals surface area contributed by atoms with Gasteiger partial charge in [-0.1, -0.05) is 0 Å². The minimum absolute atomic E-state index is 0.00194. The smallest absolute Gasteiger partial charge is 0.323 e. The van der Waals surface area contributed by atoms with E-state index < -0.39 is 5.97 Å². The average Bonchev–Trinajstić information content (AvgIpc) is 2.56. The summed E-state index contributed by atoms with van der Waals surface area (Å²) in [4.78, 5) is 36.7. The van der Waals surface area contributed by atoms with Crippen LogP contribution in [-0.2, 0) is 23.9 Å². The molecule has 1 aliphatic carbocycles. The molecular weight excluding hydrogens is 328 g/mol. The normalized spacial score (nSPS) is 20.3. The Kier molecular flexibility index (Phi) is 9.44. The fourth-order valence-corrected chi connectivity index (χ4v) is 2.96. The summed E-state index contributed by atoms with van der Waals surface area (Å²) in [6, 6.07) is -0.111. The largest absolute Gasteiger partial charge is 0.480 e. The Morgan fingerprint density at radius 3 is 2.32 bits per heavy atom. The van der Waals surface area contributed by atoms with Gasteiger partial charge in [-0.3, -0.25) is 14.4 Å². The topological polar surface area (TPSA) is 105 Å². The second-order valence-corrected chi connectivity index (χ2v) is 6.62. The molecule has 1 saturated carbocycles. The number of methoxy groups -OCH3 is 1. The van der Waals surface area contributed by atoms with Crippen LogP contribution in [0.25, 0.3) is 0 Å². The molecular formula is C17H30N2O6. The molecule has 0 aromatic rings. The highest BCUT2D eigenvalue weighted by Crippen LogP contribution is 2.26. The van der Waals surface area contributed by atoms with Crippen LogP contribution in [0.1, 0.15) is 39.5 Å². The maximum absolute atomic E-state index is 12.6. The van der Waals surface area contributed by atoms with Crippen molar-refractivity contribution in [1.29, 1.82) is 0 Å². The molecule has 1 aliphatic rings. The summed E-state index contributed by atoms with van der Waals surface area (Å²) in [5.74, 6) is -1.45. The molecule has 0 heterocycles. The van der Waals surface area contributed by atoms with Crippen LogP contribution in [0.5, 0.6) is 0 Å². The van der Waals surface area contributed by atoms with Gasteiger partial charge >= 0.3 is 5.97 Å². The molecule has 0 atom stereocenters. The lowest BCUT2D eigenvalue weighted by molar-refractivity contribution is -0.148. The third-order valence-electron chi connectivity index (χ3n) is 4.32. The van der Waals surface area contributed by atoms with Gasteiger partial charge in [0.25, 0.3) is 0 Å². The summed E-state index contributed by atoms with van der Waals surface area (Å²) < 4.78 is 10.0. The summed E-state index contributed by atoms with van der Waals surface area (Å²) in [6.45, 7) is 4.18. The predicted molar refractivity (Wildman–Crippen MR) is 91.1 cm³/mol. The van der Waals surface area contributed by atoms with Gasteiger partial charge in [-0.05, 0) is 39.5 Å². The first-order valence-corrected chi connectivity index (χ1v) is 8.73. The number of carboxylic acid groups (broad SMARTS) is 1. The highest BCUT2D eigenvalue weighted by atomic mass is 16.5. The number of nitrogens with one attached hydrogen (secondary N) is 1. The number of rotatable bonds is 10. The molecule has 2 N–H and O–H groups in total. The van der Waals surface area contributed by atoms with Crippen LogP contribution in [0.3, 0.4) is 0 Å². The Bertz CT molecular complexity index is 446. The summed E-state index contributed by atoms with van der Waals surface area (Å²) in [5, 5.41) is 11.9. The molecule has 0 aliphatic heterocycles. The summed E-state index contributed by atoms with van der Waals surface area (Å²) >= 11 is 0. The third-order valence-corrected chi connectivity index (χ3v) is 4.32. The van der Waals surface area contributed by atoms with Gasteiger partial charge < -0.3 is 24.8 Å². The van der Waals surface area contributed by atoms with E-state index >= 15 is 0 Å². The zero-order chi connectivity index (χ0) is 18.8. The molecule has 1 fully saturated rings. The van der Waals surface area contributed by atoms with Gasteiger partial charge in [0, 0.05) is 25.1 Å². The van der Waals surface area contributed by atoms with Crippen LogP contribution < -0.4 is 5.32 Å². The number of carbonyl (C=O) groups excluding carboxylic acids is 2. The van der Waals surface area contributed by atoms with Crippen molar-refractivity contribution in [2.75, 3.05) is 33.5 Å². The van der Waals surface area contributed by atoms with Crippen molar-refractivity contribution in [3.63, 3.8) is 0 Å². The zero-order valence-corrected chi connectivity index (χ0v) is 15.3. The lowest BCUT2D eigenvalue weighted by Crippen LogP contribution is -2.46. The second kappa shape index (κ2) is 11.0. The Morgan fingerprint density at radius 2 is 1.80 bits per heavy atom. The van der Waals surface area contributed by atoms with Gasteiger partial charge in [-0.15, -0.1) is 0 Å². The fourth-order valence-electron chi connectivity index (χ4n) is 2.96. The van der Waals surface area contributed by atoms with E-state index in [1.54, 1.807) is 7.11 Å². The molecule has 0 radical (unpaired) electrons. The van der Waals surface area contributed by atoms with E-state index in [1.807, 2.05) is 13.8 Å². The molecule has 144 valence electrons. The van der Waals surface area contributed by atoms with E-state index in [4.69, 9.17) is 14.6 Å². The molecule has 2 amide bonds. The van der Waals surface area contributed by atoms with Crippen LogP contribution >= 0.6 is 0 Å². The van der Waals surface area contributed by atoms with Crippen LogP contribution in [0.4, 0.5) is 0 Å². The molecule has 8 heteroatoms. The number of hydrogen-bond acceptors (Lipinski definition) is 5. The molecule has 0 aromatic heterocycles. The summed E-state index contributed by atoms with van der Waals surface area (Å²) in [6.07, 6.45) is 2.72. The van der Waals surface area contributed by atoms with E-state index in [-0.39, 0.29) is 43.0 Å². The number of carbonyl (C=O) groups is 3. The number of ether oxygens (including phenoxy) is 2. The van der Waals surface area contributed by atoms with E-state index in [0.29, 0.717) is 38.9 Å². The first-order chi connectivity index (χ1) is 11.8. The van der Waals surface area contributed by atoms with E-state index in [9.17, 15) is 14.4 Å². The summed E-state index contributed by atoms with van der Waals surface area (Å²) in [7, 11) is 1.57. The molecule has 0 spiro atoms. The highest BCUT2D eigenvalue weighted by Gasteiger charge is 2.31. The average molecular weight is 358 g/mol. The second-order valence-electron chi connectivity index (χ2n) is 6.62. The Morgan fingerprint density at radius 1 is 1.16 bits per heavy atom. The monoisotopic (exact) mass is 358 g/mol. The molecule has 0 aromatic carbocycles. The first kappa shape index (κ1) is 21.4. The Labute approximate surface area is 148 Å². The molecule has 0 saturated heterocycles. The molecule has 0 bridgehead atoms. The number of hydrogen-bond donors (Lipinski definition) is 2. The van der Waals surface area contributed by atoms with Crippen molar-refractivity contribution in [1.82, 2.24) is 10.2 Å². The van der Waals surface area contributed by atoms with Crippen LogP contribution in [-0.4, -0.2) is 73.3 Å². The van der Waals surface area contributed by atoms with Crippen molar-refractivity contribution in [2.24, 2.45) is 5.92 Å². The van der Waals surface area contributed by atoms with Crippen LogP contribution in [0.15, 0.2) is 0 Å². The quantitative estimate of drug-likeness (QED) is 0.556. The van der Waals surface area contributed by atoms with Crippen LogP contribution in [0.2, 0.25) is 0 Å². The van der Waals surface area contributed by atoms with Crippen molar-refractivity contribution >= 4 is 17.8 Å². The number of carboxylic acids is 1. The number of amides is 2. The van der Waals surface area contributed by atoms with Gasteiger partial charge in [0.15, 0.2) is 0 Å². The van der Waals surface area contributed by atoms with E-state index in [2.05, 4.69) is 5.32 Å². The van der Waals surface area contributed by atoms with Gasteiger partial charge in [-0.25, -0.2) is 0 Å². The highest BCUT2D eigenvalue weighted by molar-refractivity contribution is 5.83. The molecule has 1 rings (SSSR count).